The van der Waals surface area contributed by atoms with Gasteiger partial charge in [0.1, 0.15) is 6.10 Å². The fourth-order valence-electron chi connectivity index (χ4n) is 5.72. The van der Waals surface area contributed by atoms with Crippen molar-refractivity contribution in [2.45, 2.75) is 50.1 Å². The second kappa shape index (κ2) is 7.72. The van der Waals surface area contributed by atoms with Crippen LogP contribution in [0.25, 0.3) is 0 Å². The highest BCUT2D eigenvalue weighted by Crippen LogP contribution is 2.50. The minimum absolute atomic E-state index is 0.0965. The van der Waals surface area contributed by atoms with Crippen LogP contribution < -0.4 is 0 Å². The topological polar surface area (TPSA) is 32.8 Å². The molecule has 2 aliphatic carbocycles. The molecule has 162 valence electrons. The molecule has 2 aromatic carbocycles. The first kappa shape index (κ1) is 19.4. The van der Waals surface area contributed by atoms with Crippen LogP contribution >= 0.6 is 0 Å². The van der Waals surface area contributed by atoms with Crippen LogP contribution in [0.4, 0.5) is 4.39 Å². The van der Waals surface area contributed by atoms with Crippen LogP contribution in [0.2, 0.25) is 0 Å². The van der Waals surface area contributed by atoms with Crippen molar-refractivity contribution < 1.29 is 13.9 Å². The van der Waals surface area contributed by atoms with Crippen LogP contribution in [0.1, 0.15) is 53.5 Å². The summed E-state index contributed by atoms with van der Waals surface area (Å²) in [5.74, 6) is 0.682. The maximum atomic E-state index is 15.7. The van der Waals surface area contributed by atoms with E-state index in [0.717, 1.165) is 19.3 Å². The molecule has 2 saturated heterocycles. The molecule has 0 radical (unpaired) electrons. The lowest BCUT2D eigenvalue weighted by Crippen LogP contribution is -2.53. The molecule has 4 unspecified atom stereocenters. The lowest BCUT2D eigenvalue weighted by molar-refractivity contribution is -0.137. The van der Waals surface area contributed by atoms with Crippen LogP contribution in [-0.2, 0) is 16.0 Å². The van der Waals surface area contributed by atoms with Gasteiger partial charge in [-0.25, -0.2) is 4.39 Å². The van der Waals surface area contributed by atoms with Gasteiger partial charge in [-0.2, -0.15) is 0 Å². The Bertz CT molecular complexity index is 929. The second-order valence-electron chi connectivity index (χ2n) is 9.52. The highest BCUT2D eigenvalue weighted by molar-refractivity contribution is 5.81. The minimum Gasteiger partial charge on any atom is -0.365 e. The smallest absolute Gasteiger partial charge is 0.225 e. The van der Waals surface area contributed by atoms with Crippen molar-refractivity contribution in [2.24, 2.45) is 5.92 Å². The number of piperazine rings is 1. The normalized spacial score (nSPS) is 28.9. The van der Waals surface area contributed by atoms with Gasteiger partial charge in [-0.1, -0.05) is 48.5 Å². The largest absolute Gasteiger partial charge is 0.365 e. The number of hydrogen-bond acceptors (Lipinski definition) is 3. The Labute approximate surface area is 183 Å². The van der Waals surface area contributed by atoms with Gasteiger partial charge in [0, 0.05) is 38.0 Å². The Morgan fingerprint density at radius 1 is 0.935 bits per heavy atom. The van der Waals surface area contributed by atoms with Gasteiger partial charge in [-0.05, 0) is 47.9 Å². The predicted octanol–water partition coefficient (Wildman–Crippen LogP) is 4.05. The summed E-state index contributed by atoms with van der Waals surface area (Å²) >= 11 is 0. The van der Waals surface area contributed by atoms with Crippen molar-refractivity contribution in [2.75, 3.05) is 26.2 Å². The highest BCUT2D eigenvalue weighted by atomic mass is 19.1. The fourth-order valence-corrected chi connectivity index (χ4v) is 5.72. The molecule has 1 saturated carbocycles. The summed E-state index contributed by atoms with van der Waals surface area (Å²) in [6.45, 7) is 2.42. The molecule has 5 heteroatoms. The predicted molar refractivity (Wildman–Crippen MR) is 116 cm³/mol. The summed E-state index contributed by atoms with van der Waals surface area (Å²) in [6.07, 6.45) is 1.96. The van der Waals surface area contributed by atoms with Crippen LogP contribution in [0.5, 0.6) is 0 Å². The second-order valence-corrected chi connectivity index (χ2v) is 9.52. The van der Waals surface area contributed by atoms with Gasteiger partial charge in [0.2, 0.25) is 5.91 Å². The van der Waals surface area contributed by atoms with E-state index in [1.165, 1.54) is 22.3 Å². The Hall–Kier alpha value is -2.24. The van der Waals surface area contributed by atoms with Crippen LogP contribution in [-0.4, -0.2) is 54.3 Å². The van der Waals surface area contributed by atoms with E-state index in [2.05, 4.69) is 48.5 Å². The van der Waals surface area contributed by atoms with Gasteiger partial charge in [-0.15, -0.1) is 0 Å². The zero-order valence-corrected chi connectivity index (χ0v) is 17.8. The van der Waals surface area contributed by atoms with Crippen molar-refractivity contribution >= 4 is 5.91 Å². The third-order valence-corrected chi connectivity index (χ3v) is 7.58. The molecule has 4 aliphatic rings. The van der Waals surface area contributed by atoms with Gasteiger partial charge in [0.25, 0.3) is 0 Å². The van der Waals surface area contributed by atoms with E-state index in [4.69, 9.17) is 4.74 Å². The molecular formula is C26H29FN2O2. The van der Waals surface area contributed by atoms with Gasteiger partial charge in [0.05, 0.1) is 6.10 Å². The van der Waals surface area contributed by atoms with Crippen molar-refractivity contribution in [3.63, 3.8) is 0 Å². The number of halogens is 1. The summed E-state index contributed by atoms with van der Waals surface area (Å²) in [5, 5.41) is 0. The first-order chi connectivity index (χ1) is 15.2. The first-order valence-electron chi connectivity index (χ1n) is 11.7. The molecule has 2 aliphatic heterocycles. The first-order valence-corrected chi connectivity index (χ1v) is 11.7. The number of alkyl halides is 1. The van der Waals surface area contributed by atoms with E-state index in [1.807, 2.05) is 9.80 Å². The molecular weight excluding hydrogens is 391 g/mol. The van der Waals surface area contributed by atoms with Crippen molar-refractivity contribution in [1.29, 1.82) is 0 Å². The van der Waals surface area contributed by atoms with E-state index >= 15 is 4.39 Å². The standard InChI is InChI=1S/C26H29FN2O2/c27-25(28-11-13-29(14-12-28)26(30)17-9-10-17)23-16-22-20-7-3-1-5-18(20)15-19-6-2-4-8-21(19)24(22)31-23/h1-8,17,22-25H,9-16H2. The quantitative estimate of drug-likeness (QED) is 0.703. The lowest BCUT2D eigenvalue weighted by Gasteiger charge is -2.38. The van der Waals surface area contributed by atoms with Crippen molar-refractivity contribution in [3.8, 4) is 0 Å². The summed E-state index contributed by atoms with van der Waals surface area (Å²) in [6, 6.07) is 17.0. The Morgan fingerprint density at radius 3 is 2.29 bits per heavy atom. The average Bonchev–Trinajstić information content (AvgIpc) is 3.59. The number of ether oxygens (including phenoxy) is 1. The molecule has 4 nitrogen and oxygen atoms in total. The number of benzene rings is 2. The van der Waals surface area contributed by atoms with Crippen LogP contribution in [0.15, 0.2) is 48.5 Å². The zero-order chi connectivity index (χ0) is 20.9. The molecule has 1 amide bonds. The monoisotopic (exact) mass is 420 g/mol. The van der Waals surface area contributed by atoms with Crippen LogP contribution in [0, 0.1) is 5.92 Å². The number of nitrogens with zero attached hydrogens (tertiary/aromatic N) is 2. The van der Waals surface area contributed by atoms with E-state index in [9.17, 15) is 4.79 Å². The van der Waals surface area contributed by atoms with Gasteiger partial charge in [0.15, 0.2) is 6.30 Å². The van der Waals surface area contributed by atoms with Crippen molar-refractivity contribution in [3.05, 3.63) is 70.8 Å². The molecule has 3 fully saturated rings. The van der Waals surface area contributed by atoms with Gasteiger partial charge < -0.3 is 9.64 Å². The van der Waals surface area contributed by atoms with Gasteiger partial charge in [-0.3, -0.25) is 9.69 Å². The zero-order valence-electron chi connectivity index (χ0n) is 17.8. The number of rotatable bonds is 3. The summed E-state index contributed by atoms with van der Waals surface area (Å²) in [7, 11) is 0. The fraction of sp³-hybridized carbons (Fsp3) is 0.500. The maximum Gasteiger partial charge on any atom is 0.225 e. The van der Waals surface area contributed by atoms with Crippen LogP contribution in [0.3, 0.4) is 0 Å². The van der Waals surface area contributed by atoms with Crippen molar-refractivity contribution in [1.82, 2.24) is 9.80 Å². The molecule has 2 aromatic rings. The molecule has 2 heterocycles. The van der Waals surface area contributed by atoms with E-state index in [1.54, 1.807) is 0 Å². The highest BCUT2D eigenvalue weighted by Gasteiger charge is 2.45. The molecule has 4 atom stereocenters. The molecule has 31 heavy (non-hydrogen) atoms. The van der Waals surface area contributed by atoms with E-state index in [-0.39, 0.29) is 23.8 Å². The Balaban J connectivity index is 1.21. The molecule has 0 aromatic heterocycles. The number of hydrogen-bond donors (Lipinski definition) is 0. The van der Waals surface area contributed by atoms with E-state index < -0.39 is 12.4 Å². The SMILES string of the molecule is O=C(C1CC1)N1CCN(C(F)C2CC3c4ccccc4Cc4ccccc4C3O2)CC1. The Kier molecular flexibility index (Phi) is 4.84. The summed E-state index contributed by atoms with van der Waals surface area (Å²) in [5.41, 5.74) is 5.12. The molecule has 0 bridgehead atoms. The number of amides is 1. The molecule has 0 N–H and O–H groups in total. The third-order valence-electron chi connectivity index (χ3n) is 7.58. The van der Waals surface area contributed by atoms with E-state index in [0.29, 0.717) is 32.6 Å². The molecule has 6 rings (SSSR count). The number of fused-ring (bicyclic) bond motifs is 5. The lowest BCUT2D eigenvalue weighted by atomic mass is 9.87. The summed E-state index contributed by atoms with van der Waals surface area (Å²) in [4.78, 5) is 16.1. The number of carbonyl (C=O) groups excluding carboxylic acids is 1. The average molecular weight is 421 g/mol. The third kappa shape index (κ3) is 3.48. The Morgan fingerprint density at radius 2 is 1.58 bits per heavy atom. The number of carbonyl (C=O) groups is 1. The molecule has 0 spiro atoms. The minimum atomic E-state index is -1.13. The maximum absolute atomic E-state index is 15.7. The summed E-state index contributed by atoms with van der Waals surface area (Å²) < 4.78 is 22.2. The van der Waals surface area contributed by atoms with Gasteiger partial charge >= 0.3 is 0 Å².